The molecule has 1 aliphatic heterocycles. The molecule has 0 radical (unpaired) electrons. The SMILES string of the molecule is Cc1cc(CNCC2CC(F)(F)C(=O)O2)sc1C. The first-order valence-electron chi connectivity index (χ1n) is 5.74. The number of nitrogens with one attached hydrogen (secondary N) is 1. The molecule has 1 aromatic heterocycles. The number of esters is 1. The van der Waals surface area contributed by atoms with Gasteiger partial charge in [-0.2, -0.15) is 8.78 Å². The second-order valence-corrected chi connectivity index (χ2v) is 5.86. The molecule has 3 nitrogen and oxygen atoms in total. The molecule has 1 aliphatic rings. The zero-order chi connectivity index (χ0) is 13.3. The second kappa shape index (κ2) is 4.93. The molecule has 2 heterocycles. The molecule has 1 fully saturated rings. The molecular weight excluding hydrogens is 260 g/mol. The molecular formula is C12H15F2NO2S. The zero-order valence-electron chi connectivity index (χ0n) is 10.3. The topological polar surface area (TPSA) is 38.3 Å². The number of cyclic esters (lactones) is 1. The summed E-state index contributed by atoms with van der Waals surface area (Å²) in [5.74, 6) is -4.72. The number of aryl methyl sites for hydroxylation is 2. The van der Waals surface area contributed by atoms with Crippen LogP contribution in [0.3, 0.4) is 0 Å². The molecule has 1 N–H and O–H groups in total. The minimum Gasteiger partial charge on any atom is -0.456 e. The van der Waals surface area contributed by atoms with Crippen LogP contribution in [-0.2, 0) is 16.1 Å². The van der Waals surface area contributed by atoms with Gasteiger partial charge in [-0.3, -0.25) is 0 Å². The average molecular weight is 275 g/mol. The standard InChI is InChI=1S/C12H15F2NO2S/c1-7-3-10(18-8(7)2)6-15-5-9-4-12(13,14)11(16)17-9/h3,9,15H,4-6H2,1-2H3. The van der Waals surface area contributed by atoms with Crippen molar-refractivity contribution in [2.75, 3.05) is 6.54 Å². The summed E-state index contributed by atoms with van der Waals surface area (Å²) in [7, 11) is 0. The number of thiophene rings is 1. The molecule has 1 aromatic rings. The van der Waals surface area contributed by atoms with Gasteiger partial charge in [-0.1, -0.05) is 0 Å². The molecule has 1 saturated heterocycles. The highest BCUT2D eigenvalue weighted by atomic mass is 32.1. The maximum atomic E-state index is 12.9. The summed E-state index contributed by atoms with van der Waals surface area (Å²) in [6.45, 7) is 4.95. The van der Waals surface area contributed by atoms with E-state index in [2.05, 4.69) is 16.1 Å². The first kappa shape index (κ1) is 13.4. The number of ether oxygens (including phenoxy) is 1. The molecule has 1 unspecified atom stereocenters. The largest absolute Gasteiger partial charge is 0.456 e. The summed E-state index contributed by atoms with van der Waals surface area (Å²) >= 11 is 1.68. The van der Waals surface area contributed by atoms with Crippen molar-refractivity contribution in [1.82, 2.24) is 5.32 Å². The molecule has 6 heteroatoms. The maximum Gasteiger partial charge on any atom is 0.377 e. The Labute approximate surface area is 108 Å². The monoisotopic (exact) mass is 275 g/mol. The van der Waals surface area contributed by atoms with Crippen LogP contribution in [0.2, 0.25) is 0 Å². The third kappa shape index (κ3) is 2.87. The highest BCUT2D eigenvalue weighted by Gasteiger charge is 2.50. The van der Waals surface area contributed by atoms with E-state index in [9.17, 15) is 13.6 Å². The molecule has 0 amide bonds. The maximum absolute atomic E-state index is 12.9. The van der Waals surface area contributed by atoms with Gasteiger partial charge in [-0.15, -0.1) is 11.3 Å². The molecule has 100 valence electrons. The number of rotatable bonds is 4. The Bertz CT molecular complexity index is 439. The summed E-state index contributed by atoms with van der Waals surface area (Å²) in [6.07, 6.45) is -1.25. The Hall–Kier alpha value is -1.01. The van der Waals surface area contributed by atoms with Gasteiger partial charge in [0, 0.05) is 22.8 Å². The summed E-state index contributed by atoms with van der Waals surface area (Å²) < 4.78 is 30.4. The van der Waals surface area contributed by atoms with E-state index in [4.69, 9.17) is 0 Å². The van der Waals surface area contributed by atoms with Crippen LogP contribution in [-0.4, -0.2) is 24.5 Å². The van der Waals surface area contributed by atoms with Gasteiger partial charge in [0.2, 0.25) is 0 Å². The molecule has 0 spiro atoms. The van der Waals surface area contributed by atoms with E-state index in [-0.39, 0.29) is 6.54 Å². The van der Waals surface area contributed by atoms with Crippen molar-refractivity contribution in [3.63, 3.8) is 0 Å². The third-order valence-electron chi connectivity index (χ3n) is 2.94. The van der Waals surface area contributed by atoms with Crippen LogP contribution in [0.15, 0.2) is 6.07 Å². The van der Waals surface area contributed by atoms with Crippen molar-refractivity contribution in [2.24, 2.45) is 0 Å². The lowest BCUT2D eigenvalue weighted by Gasteiger charge is -2.08. The zero-order valence-corrected chi connectivity index (χ0v) is 11.1. The van der Waals surface area contributed by atoms with Crippen LogP contribution in [0, 0.1) is 13.8 Å². The summed E-state index contributed by atoms with van der Waals surface area (Å²) in [5, 5.41) is 3.04. The van der Waals surface area contributed by atoms with Gasteiger partial charge in [0.05, 0.1) is 6.42 Å². The Morgan fingerprint density at radius 3 is 2.78 bits per heavy atom. The van der Waals surface area contributed by atoms with E-state index in [1.807, 2.05) is 13.8 Å². The van der Waals surface area contributed by atoms with Gasteiger partial charge in [-0.05, 0) is 25.5 Å². The first-order chi connectivity index (χ1) is 8.38. The number of carbonyl (C=O) groups is 1. The van der Waals surface area contributed by atoms with Crippen molar-refractivity contribution in [3.8, 4) is 0 Å². The van der Waals surface area contributed by atoms with Crippen molar-refractivity contribution >= 4 is 17.3 Å². The fourth-order valence-electron chi connectivity index (χ4n) is 1.86. The summed E-state index contributed by atoms with van der Waals surface area (Å²) in [6, 6.07) is 2.07. The van der Waals surface area contributed by atoms with Crippen LogP contribution >= 0.6 is 11.3 Å². The van der Waals surface area contributed by atoms with E-state index >= 15 is 0 Å². The normalized spacial score (nSPS) is 22.2. The smallest absolute Gasteiger partial charge is 0.377 e. The van der Waals surface area contributed by atoms with E-state index in [0.29, 0.717) is 6.54 Å². The van der Waals surface area contributed by atoms with Crippen LogP contribution in [0.25, 0.3) is 0 Å². The molecule has 1 atom stereocenters. The highest BCUT2D eigenvalue weighted by molar-refractivity contribution is 7.12. The highest BCUT2D eigenvalue weighted by Crippen LogP contribution is 2.30. The van der Waals surface area contributed by atoms with E-state index in [1.54, 1.807) is 11.3 Å². The third-order valence-corrected chi connectivity index (χ3v) is 4.10. The van der Waals surface area contributed by atoms with E-state index < -0.39 is 24.4 Å². The van der Waals surface area contributed by atoms with Gasteiger partial charge in [0.25, 0.3) is 0 Å². The van der Waals surface area contributed by atoms with Gasteiger partial charge in [0.15, 0.2) is 0 Å². The van der Waals surface area contributed by atoms with Gasteiger partial charge < -0.3 is 10.1 Å². The van der Waals surface area contributed by atoms with Gasteiger partial charge in [0.1, 0.15) is 6.10 Å². The lowest BCUT2D eigenvalue weighted by atomic mass is 10.2. The number of alkyl halides is 2. The number of halogens is 2. The Kier molecular flexibility index (Phi) is 3.68. The van der Waals surface area contributed by atoms with Crippen LogP contribution < -0.4 is 5.32 Å². The Morgan fingerprint density at radius 2 is 2.28 bits per heavy atom. The lowest BCUT2D eigenvalue weighted by Crippen LogP contribution is -2.26. The van der Waals surface area contributed by atoms with Crippen molar-refractivity contribution in [2.45, 2.75) is 38.8 Å². The predicted molar refractivity (Wildman–Crippen MR) is 64.9 cm³/mol. The van der Waals surface area contributed by atoms with Gasteiger partial charge >= 0.3 is 11.9 Å². The number of hydrogen-bond donors (Lipinski definition) is 1. The molecule has 0 bridgehead atoms. The number of carbonyl (C=O) groups excluding carboxylic acids is 1. The quantitative estimate of drug-likeness (QED) is 0.858. The summed E-state index contributed by atoms with van der Waals surface area (Å²) in [5.41, 5.74) is 1.23. The number of hydrogen-bond acceptors (Lipinski definition) is 4. The van der Waals surface area contributed by atoms with Crippen molar-refractivity contribution in [1.29, 1.82) is 0 Å². The van der Waals surface area contributed by atoms with Crippen LogP contribution in [0.4, 0.5) is 8.78 Å². The van der Waals surface area contributed by atoms with E-state index in [1.165, 1.54) is 10.4 Å². The van der Waals surface area contributed by atoms with Crippen molar-refractivity contribution < 1.29 is 18.3 Å². The first-order valence-corrected chi connectivity index (χ1v) is 6.55. The minimum atomic E-state index is -3.32. The lowest BCUT2D eigenvalue weighted by molar-refractivity contribution is -0.159. The molecule has 0 saturated carbocycles. The fraction of sp³-hybridized carbons (Fsp3) is 0.583. The van der Waals surface area contributed by atoms with Crippen LogP contribution in [0.1, 0.15) is 21.7 Å². The van der Waals surface area contributed by atoms with Gasteiger partial charge in [-0.25, -0.2) is 4.79 Å². The van der Waals surface area contributed by atoms with Crippen LogP contribution in [0.5, 0.6) is 0 Å². The Morgan fingerprint density at radius 1 is 1.56 bits per heavy atom. The second-order valence-electron chi connectivity index (χ2n) is 4.52. The summed E-state index contributed by atoms with van der Waals surface area (Å²) in [4.78, 5) is 13.2. The van der Waals surface area contributed by atoms with Crippen molar-refractivity contribution in [3.05, 3.63) is 21.4 Å². The fourth-order valence-corrected chi connectivity index (χ4v) is 2.88. The Balaban J connectivity index is 1.78. The molecule has 18 heavy (non-hydrogen) atoms. The van der Waals surface area contributed by atoms with E-state index in [0.717, 1.165) is 4.88 Å². The molecule has 0 aliphatic carbocycles. The molecule has 2 rings (SSSR count). The minimum absolute atomic E-state index is 0.261. The average Bonchev–Trinajstić information content (AvgIpc) is 2.69. The molecule has 0 aromatic carbocycles. The predicted octanol–water partition coefficient (Wildman–Crippen LogP) is 2.41.